The molecule has 1 aliphatic heterocycles. The zero-order valence-corrected chi connectivity index (χ0v) is 11.1. The second-order valence-corrected chi connectivity index (χ2v) is 5.43. The monoisotopic (exact) mass is 251 g/mol. The molecule has 1 atom stereocenters. The molecule has 1 aliphatic rings. The van der Waals surface area contributed by atoms with Gasteiger partial charge in [0.25, 0.3) is 5.91 Å². The molecule has 2 rings (SSSR count). The Morgan fingerprint density at radius 2 is 2.11 bits per heavy atom. The molecule has 0 saturated carbocycles. The maximum absolute atomic E-state index is 13.5. The Morgan fingerprint density at radius 3 is 2.72 bits per heavy atom. The van der Waals surface area contributed by atoms with E-state index >= 15 is 0 Å². The van der Waals surface area contributed by atoms with E-state index in [1.807, 2.05) is 6.92 Å². The number of fused-ring (bicyclic) bond motifs is 1. The molecule has 1 aromatic carbocycles. The average Bonchev–Trinajstić information content (AvgIpc) is 2.22. The van der Waals surface area contributed by atoms with Crippen LogP contribution in [0.5, 0.6) is 5.75 Å². The van der Waals surface area contributed by atoms with Gasteiger partial charge >= 0.3 is 0 Å². The van der Waals surface area contributed by atoms with Gasteiger partial charge in [-0.2, -0.15) is 0 Å². The lowest BCUT2D eigenvalue weighted by molar-refractivity contribution is 0.0168. The van der Waals surface area contributed by atoms with Crippen LogP contribution in [0.4, 0.5) is 4.39 Å². The van der Waals surface area contributed by atoms with Crippen LogP contribution in [0.15, 0.2) is 12.1 Å². The molecule has 1 amide bonds. The number of halogens is 1. The molecule has 1 N–H and O–H groups in total. The lowest BCUT2D eigenvalue weighted by atomic mass is 9.98. The molecule has 0 aromatic heterocycles. The smallest absolute Gasteiger partial charge is 0.258 e. The second kappa shape index (κ2) is 4.26. The molecule has 1 aromatic rings. The van der Waals surface area contributed by atoms with E-state index in [1.54, 1.807) is 6.92 Å². The van der Waals surface area contributed by atoms with Crippen molar-refractivity contribution in [1.29, 1.82) is 0 Å². The van der Waals surface area contributed by atoms with E-state index in [1.165, 1.54) is 12.1 Å². The van der Waals surface area contributed by atoms with Crippen LogP contribution in [-0.2, 0) is 0 Å². The summed E-state index contributed by atoms with van der Waals surface area (Å²) in [7, 11) is 0. The van der Waals surface area contributed by atoms with Crippen molar-refractivity contribution in [1.82, 2.24) is 5.32 Å². The fraction of sp³-hybridized carbons (Fsp3) is 0.500. The van der Waals surface area contributed by atoms with Crippen molar-refractivity contribution in [2.75, 3.05) is 0 Å². The number of benzene rings is 1. The van der Waals surface area contributed by atoms with Gasteiger partial charge in [0.2, 0.25) is 0 Å². The van der Waals surface area contributed by atoms with Crippen molar-refractivity contribution in [3.05, 3.63) is 29.1 Å². The van der Waals surface area contributed by atoms with Crippen molar-refractivity contribution in [3.8, 4) is 5.75 Å². The minimum Gasteiger partial charge on any atom is -0.467 e. The highest BCUT2D eigenvalue weighted by Gasteiger charge is 2.37. The van der Waals surface area contributed by atoms with Crippen molar-refractivity contribution >= 4 is 5.91 Å². The molecule has 0 saturated heterocycles. The van der Waals surface area contributed by atoms with E-state index in [9.17, 15) is 9.18 Å². The van der Waals surface area contributed by atoms with Crippen molar-refractivity contribution < 1.29 is 13.9 Å². The predicted molar refractivity (Wildman–Crippen MR) is 67.1 cm³/mol. The van der Waals surface area contributed by atoms with Crippen LogP contribution in [-0.4, -0.2) is 11.6 Å². The van der Waals surface area contributed by atoms with Crippen LogP contribution >= 0.6 is 0 Å². The van der Waals surface area contributed by atoms with Gasteiger partial charge in [0.1, 0.15) is 11.6 Å². The molecule has 0 fully saturated rings. The lowest BCUT2D eigenvalue weighted by Crippen LogP contribution is -2.54. The summed E-state index contributed by atoms with van der Waals surface area (Å²) in [6, 6.07) is 2.75. The molecule has 0 aliphatic carbocycles. The first-order chi connectivity index (χ1) is 8.32. The Morgan fingerprint density at radius 1 is 1.44 bits per heavy atom. The van der Waals surface area contributed by atoms with Crippen LogP contribution in [0.1, 0.15) is 43.1 Å². The average molecular weight is 251 g/mol. The van der Waals surface area contributed by atoms with E-state index in [4.69, 9.17) is 4.74 Å². The second-order valence-electron chi connectivity index (χ2n) is 5.43. The molecule has 3 nitrogen and oxygen atoms in total. The van der Waals surface area contributed by atoms with E-state index in [0.717, 1.165) is 0 Å². The maximum Gasteiger partial charge on any atom is 0.258 e. The number of nitrogens with one attached hydrogen (secondary N) is 1. The SMILES string of the molecule is Cc1c(F)ccc2c1OC(C)(CC(C)C)NC2=O. The zero-order valence-electron chi connectivity index (χ0n) is 11.1. The Bertz CT molecular complexity index is 499. The third-order valence-electron chi connectivity index (χ3n) is 3.09. The van der Waals surface area contributed by atoms with Crippen LogP contribution in [0.3, 0.4) is 0 Å². The topological polar surface area (TPSA) is 38.3 Å². The third-order valence-corrected chi connectivity index (χ3v) is 3.09. The van der Waals surface area contributed by atoms with Gasteiger partial charge in [-0.1, -0.05) is 13.8 Å². The molecule has 1 unspecified atom stereocenters. The fourth-order valence-corrected chi connectivity index (χ4v) is 2.41. The quantitative estimate of drug-likeness (QED) is 0.877. The summed E-state index contributed by atoms with van der Waals surface area (Å²) in [6.07, 6.45) is 0.675. The number of hydrogen-bond donors (Lipinski definition) is 1. The molecule has 0 bridgehead atoms. The van der Waals surface area contributed by atoms with Crippen LogP contribution in [0.2, 0.25) is 0 Å². The van der Waals surface area contributed by atoms with Gasteiger partial charge in [-0.25, -0.2) is 4.39 Å². The number of rotatable bonds is 2. The van der Waals surface area contributed by atoms with Crippen molar-refractivity contribution in [2.45, 2.75) is 39.8 Å². The highest BCUT2D eigenvalue weighted by molar-refractivity contribution is 5.98. The molecule has 0 spiro atoms. The van der Waals surface area contributed by atoms with E-state index in [0.29, 0.717) is 29.2 Å². The van der Waals surface area contributed by atoms with Crippen molar-refractivity contribution in [2.24, 2.45) is 5.92 Å². The van der Waals surface area contributed by atoms with E-state index < -0.39 is 5.72 Å². The number of carbonyl (C=O) groups excluding carboxylic acids is 1. The van der Waals surface area contributed by atoms with Gasteiger partial charge in [0.05, 0.1) is 5.56 Å². The molecule has 98 valence electrons. The van der Waals surface area contributed by atoms with Gasteiger partial charge < -0.3 is 10.1 Å². The van der Waals surface area contributed by atoms with Gasteiger partial charge in [-0.05, 0) is 31.9 Å². The van der Waals surface area contributed by atoms with Gasteiger partial charge in [0.15, 0.2) is 5.72 Å². The minimum atomic E-state index is -0.767. The van der Waals surface area contributed by atoms with Crippen LogP contribution in [0.25, 0.3) is 0 Å². The van der Waals surface area contributed by atoms with Crippen molar-refractivity contribution in [3.63, 3.8) is 0 Å². The normalized spacial score (nSPS) is 22.4. The van der Waals surface area contributed by atoms with E-state index in [-0.39, 0.29) is 11.7 Å². The zero-order chi connectivity index (χ0) is 13.5. The minimum absolute atomic E-state index is 0.206. The van der Waals surface area contributed by atoms with Gasteiger partial charge in [0, 0.05) is 12.0 Å². The summed E-state index contributed by atoms with van der Waals surface area (Å²) < 4.78 is 19.4. The van der Waals surface area contributed by atoms with E-state index in [2.05, 4.69) is 19.2 Å². The van der Waals surface area contributed by atoms with Gasteiger partial charge in [-0.15, -0.1) is 0 Å². The standard InChI is InChI=1S/C14H18FNO2/c1-8(2)7-14(4)16-13(17)10-5-6-11(15)9(3)12(10)18-14/h5-6,8H,7H2,1-4H3,(H,16,17). The lowest BCUT2D eigenvalue weighted by Gasteiger charge is -2.38. The maximum atomic E-state index is 13.5. The molecular formula is C14H18FNO2. The molecule has 4 heteroatoms. The molecule has 18 heavy (non-hydrogen) atoms. The summed E-state index contributed by atoms with van der Waals surface area (Å²) >= 11 is 0. The largest absolute Gasteiger partial charge is 0.467 e. The first-order valence-corrected chi connectivity index (χ1v) is 6.13. The summed E-state index contributed by atoms with van der Waals surface area (Å²) in [5.41, 5.74) is 0.0176. The summed E-state index contributed by atoms with van der Waals surface area (Å²) in [4.78, 5) is 12.0. The first-order valence-electron chi connectivity index (χ1n) is 6.13. The number of ether oxygens (including phenoxy) is 1. The van der Waals surface area contributed by atoms with Crippen LogP contribution in [0, 0.1) is 18.7 Å². The number of hydrogen-bond acceptors (Lipinski definition) is 2. The fourth-order valence-electron chi connectivity index (χ4n) is 2.41. The number of amides is 1. The highest BCUT2D eigenvalue weighted by Crippen LogP contribution is 2.34. The molecule has 0 radical (unpaired) electrons. The Labute approximate surface area is 106 Å². The summed E-state index contributed by atoms with van der Waals surface area (Å²) in [5.74, 6) is 0.172. The summed E-state index contributed by atoms with van der Waals surface area (Å²) in [5, 5.41) is 2.84. The number of carbonyl (C=O) groups is 1. The Kier molecular flexibility index (Phi) is 3.05. The molecular weight excluding hydrogens is 233 g/mol. The molecule has 1 heterocycles. The first kappa shape index (κ1) is 12.9. The third kappa shape index (κ3) is 2.19. The summed E-state index contributed by atoms with van der Waals surface area (Å²) in [6.45, 7) is 7.55. The highest BCUT2D eigenvalue weighted by atomic mass is 19.1. The Balaban J connectivity index is 2.44. The van der Waals surface area contributed by atoms with Gasteiger partial charge in [-0.3, -0.25) is 4.79 Å². The van der Waals surface area contributed by atoms with Crippen LogP contribution < -0.4 is 10.1 Å². The Hall–Kier alpha value is -1.58. The predicted octanol–water partition coefficient (Wildman–Crippen LogP) is 3.02.